The zero-order chi connectivity index (χ0) is 14.4. The second-order valence-corrected chi connectivity index (χ2v) is 4.95. The van der Waals surface area contributed by atoms with Crippen molar-refractivity contribution in [3.63, 3.8) is 0 Å². The molecule has 0 saturated heterocycles. The van der Waals surface area contributed by atoms with Crippen molar-refractivity contribution in [2.24, 2.45) is 0 Å². The molecule has 3 aromatic rings. The smallest absolute Gasteiger partial charge is 0.239 e. The fourth-order valence-corrected chi connectivity index (χ4v) is 2.49. The van der Waals surface area contributed by atoms with E-state index in [0.717, 1.165) is 22.9 Å². The van der Waals surface area contributed by atoms with E-state index in [-0.39, 0.29) is 17.9 Å². The Morgan fingerprint density at radius 1 is 1.29 bits per heavy atom. The lowest BCUT2D eigenvalue weighted by Crippen LogP contribution is -2.05. The molecule has 21 heavy (non-hydrogen) atoms. The van der Waals surface area contributed by atoms with Gasteiger partial charge in [0.1, 0.15) is 11.3 Å². The van der Waals surface area contributed by atoms with E-state index in [1.165, 1.54) is 0 Å². The number of anilines is 1. The van der Waals surface area contributed by atoms with Crippen LogP contribution in [-0.2, 0) is 6.42 Å². The van der Waals surface area contributed by atoms with Crippen LogP contribution in [0.2, 0.25) is 5.15 Å². The van der Waals surface area contributed by atoms with Gasteiger partial charge in [-0.25, -0.2) is 9.50 Å². The summed E-state index contributed by atoms with van der Waals surface area (Å²) in [5.74, 6) is 2.32. The molecule has 0 saturated carbocycles. The fourth-order valence-electron chi connectivity index (χ4n) is 2.27. The van der Waals surface area contributed by atoms with Crippen LogP contribution >= 0.6 is 11.6 Å². The summed E-state index contributed by atoms with van der Waals surface area (Å²) >= 11 is 6.03. The van der Waals surface area contributed by atoms with Gasteiger partial charge in [-0.1, -0.05) is 17.7 Å². The van der Waals surface area contributed by atoms with Gasteiger partial charge >= 0.3 is 0 Å². The van der Waals surface area contributed by atoms with Crippen molar-refractivity contribution in [2.75, 3.05) is 12.5 Å². The number of ether oxygens (including phenoxy) is 2. The van der Waals surface area contributed by atoms with E-state index >= 15 is 0 Å². The van der Waals surface area contributed by atoms with E-state index in [4.69, 9.17) is 26.8 Å². The highest BCUT2D eigenvalue weighted by Crippen LogP contribution is 2.33. The molecule has 106 valence electrons. The van der Waals surface area contributed by atoms with Crippen LogP contribution in [-0.4, -0.2) is 26.4 Å². The van der Waals surface area contributed by atoms with Crippen LogP contribution in [0.3, 0.4) is 0 Å². The first-order valence-electron chi connectivity index (χ1n) is 6.25. The zero-order valence-electron chi connectivity index (χ0n) is 10.8. The molecule has 1 aliphatic heterocycles. The highest BCUT2D eigenvalue weighted by atomic mass is 35.5. The molecular weight excluding hydrogens is 294 g/mol. The minimum atomic E-state index is 0.109. The first-order valence-corrected chi connectivity index (χ1v) is 6.62. The van der Waals surface area contributed by atoms with Crippen molar-refractivity contribution in [1.29, 1.82) is 0 Å². The van der Waals surface area contributed by atoms with E-state index < -0.39 is 0 Å². The van der Waals surface area contributed by atoms with Crippen LogP contribution in [0.4, 0.5) is 5.95 Å². The number of fused-ring (bicyclic) bond motifs is 2. The number of nitrogens with two attached hydrogens (primary N) is 1. The molecule has 3 heterocycles. The Morgan fingerprint density at radius 2 is 2.14 bits per heavy atom. The third kappa shape index (κ3) is 2.02. The molecule has 2 aromatic heterocycles. The van der Waals surface area contributed by atoms with Gasteiger partial charge < -0.3 is 15.2 Å². The predicted octanol–water partition coefficient (Wildman–Crippen LogP) is 1.68. The SMILES string of the molecule is Nc1nc(Cl)c2cnc(Cc3ccc4c(c3)OCO4)n2n1. The maximum atomic E-state index is 6.03. The average molecular weight is 304 g/mol. The van der Waals surface area contributed by atoms with Gasteiger partial charge in [0.2, 0.25) is 12.7 Å². The average Bonchev–Trinajstić information content (AvgIpc) is 3.06. The summed E-state index contributed by atoms with van der Waals surface area (Å²) < 4.78 is 12.3. The predicted molar refractivity (Wildman–Crippen MR) is 75.6 cm³/mol. The van der Waals surface area contributed by atoms with E-state index in [0.29, 0.717) is 11.9 Å². The summed E-state index contributed by atoms with van der Waals surface area (Å²) in [6.07, 6.45) is 2.20. The van der Waals surface area contributed by atoms with Crippen LogP contribution < -0.4 is 15.2 Å². The quantitative estimate of drug-likeness (QED) is 0.775. The summed E-state index contributed by atoms with van der Waals surface area (Å²) in [5, 5.41) is 4.43. The molecule has 0 unspecified atom stereocenters. The fraction of sp³-hybridized carbons (Fsp3) is 0.154. The van der Waals surface area contributed by atoms with Crippen molar-refractivity contribution < 1.29 is 9.47 Å². The number of nitrogen functional groups attached to an aromatic ring is 1. The number of hydrogen-bond acceptors (Lipinski definition) is 6. The lowest BCUT2D eigenvalue weighted by molar-refractivity contribution is 0.174. The Morgan fingerprint density at radius 3 is 3.05 bits per heavy atom. The normalized spacial score (nSPS) is 13.0. The molecule has 7 nitrogen and oxygen atoms in total. The number of benzene rings is 1. The van der Waals surface area contributed by atoms with Crippen LogP contribution in [0.5, 0.6) is 11.5 Å². The summed E-state index contributed by atoms with van der Waals surface area (Å²) in [6.45, 7) is 0.254. The second kappa shape index (κ2) is 4.49. The third-order valence-corrected chi connectivity index (χ3v) is 3.51. The molecular formula is C13H10ClN5O2. The van der Waals surface area contributed by atoms with Gasteiger partial charge in [-0.05, 0) is 17.7 Å². The molecule has 2 N–H and O–H groups in total. The molecule has 0 atom stereocenters. The molecule has 0 radical (unpaired) electrons. The van der Waals surface area contributed by atoms with E-state index in [9.17, 15) is 0 Å². The van der Waals surface area contributed by atoms with Gasteiger partial charge in [0.25, 0.3) is 0 Å². The highest BCUT2D eigenvalue weighted by molar-refractivity contribution is 6.32. The maximum Gasteiger partial charge on any atom is 0.239 e. The molecule has 0 aliphatic carbocycles. The molecule has 0 fully saturated rings. The molecule has 0 amide bonds. The lowest BCUT2D eigenvalue weighted by Gasteiger charge is -2.04. The Kier molecular flexibility index (Phi) is 2.61. The zero-order valence-corrected chi connectivity index (χ0v) is 11.5. The number of halogens is 1. The Balaban J connectivity index is 1.74. The van der Waals surface area contributed by atoms with Crippen molar-refractivity contribution >= 4 is 23.1 Å². The second-order valence-electron chi connectivity index (χ2n) is 4.60. The van der Waals surface area contributed by atoms with Crippen LogP contribution in [0.15, 0.2) is 24.4 Å². The highest BCUT2D eigenvalue weighted by Gasteiger charge is 2.15. The van der Waals surface area contributed by atoms with Gasteiger partial charge in [-0.15, -0.1) is 5.10 Å². The van der Waals surface area contributed by atoms with Gasteiger partial charge in [0, 0.05) is 6.42 Å². The van der Waals surface area contributed by atoms with Gasteiger partial charge in [0.05, 0.1) is 6.20 Å². The number of nitrogens with zero attached hydrogens (tertiary/aromatic N) is 4. The minimum Gasteiger partial charge on any atom is -0.454 e. The van der Waals surface area contributed by atoms with Crippen molar-refractivity contribution in [2.45, 2.75) is 6.42 Å². The summed E-state index contributed by atoms with van der Waals surface area (Å²) in [4.78, 5) is 8.24. The van der Waals surface area contributed by atoms with Crippen LogP contribution in [0, 0.1) is 0 Å². The van der Waals surface area contributed by atoms with Crippen LogP contribution in [0.1, 0.15) is 11.4 Å². The van der Waals surface area contributed by atoms with E-state index in [2.05, 4.69) is 15.1 Å². The minimum absolute atomic E-state index is 0.109. The molecule has 4 rings (SSSR count). The summed E-state index contributed by atoms with van der Waals surface area (Å²) in [6, 6.07) is 5.76. The lowest BCUT2D eigenvalue weighted by atomic mass is 10.1. The number of aromatic nitrogens is 4. The van der Waals surface area contributed by atoms with E-state index in [1.54, 1.807) is 10.7 Å². The van der Waals surface area contributed by atoms with Gasteiger partial charge in [0.15, 0.2) is 16.7 Å². The maximum absolute atomic E-state index is 6.03. The standard InChI is InChI=1S/C13H10ClN5O2/c14-12-8-5-16-11(19(8)18-13(15)17-12)4-7-1-2-9-10(3-7)21-6-20-9/h1-3,5H,4,6H2,(H2,15,18). The monoisotopic (exact) mass is 303 g/mol. The molecule has 0 bridgehead atoms. The summed E-state index contributed by atoms with van der Waals surface area (Å²) in [5.41, 5.74) is 7.28. The Labute approximate surface area is 124 Å². The van der Waals surface area contributed by atoms with E-state index in [1.807, 2.05) is 18.2 Å². The van der Waals surface area contributed by atoms with Gasteiger partial charge in [-0.3, -0.25) is 0 Å². The number of imidazole rings is 1. The molecule has 1 aromatic carbocycles. The van der Waals surface area contributed by atoms with Crippen LogP contribution in [0.25, 0.3) is 5.52 Å². The summed E-state index contributed by atoms with van der Waals surface area (Å²) in [7, 11) is 0. The molecule has 1 aliphatic rings. The topological polar surface area (TPSA) is 87.6 Å². The van der Waals surface area contributed by atoms with Crippen molar-refractivity contribution in [3.05, 3.63) is 40.9 Å². The third-order valence-electron chi connectivity index (χ3n) is 3.23. The molecule has 0 spiro atoms. The van der Waals surface area contributed by atoms with Crippen molar-refractivity contribution in [3.8, 4) is 11.5 Å². The first-order chi connectivity index (χ1) is 10.2. The Bertz CT molecular complexity index is 848. The Hall–Kier alpha value is -2.54. The molecule has 8 heteroatoms. The first kappa shape index (κ1) is 12.2. The largest absolute Gasteiger partial charge is 0.454 e. The number of hydrogen-bond donors (Lipinski definition) is 1. The van der Waals surface area contributed by atoms with Crippen molar-refractivity contribution in [1.82, 2.24) is 19.6 Å². The van der Waals surface area contributed by atoms with Gasteiger partial charge in [-0.2, -0.15) is 4.98 Å². The number of rotatable bonds is 2.